The van der Waals surface area contributed by atoms with E-state index >= 15 is 0 Å². The van der Waals surface area contributed by atoms with E-state index in [-0.39, 0.29) is 23.7 Å². The molecule has 0 bridgehead atoms. The number of hydrogen-bond acceptors (Lipinski definition) is 6. The van der Waals surface area contributed by atoms with Crippen molar-refractivity contribution >= 4 is 34.2 Å². The first-order chi connectivity index (χ1) is 12.8. The average Bonchev–Trinajstić information content (AvgIpc) is 3.11. The molecule has 27 heavy (non-hydrogen) atoms. The van der Waals surface area contributed by atoms with E-state index in [1.807, 2.05) is 39.8 Å². The van der Waals surface area contributed by atoms with Crippen molar-refractivity contribution in [2.45, 2.75) is 39.4 Å². The van der Waals surface area contributed by atoms with Gasteiger partial charge in [0.25, 0.3) is 5.91 Å². The van der Waals surface area contributed by atoms with Gasteiger partial charge in [0, 0.05) is 11.6 Å². The molecular weight excluding hydrogens is 364 g/mol. The number of ether oxygens (including phenoxy) is 2. The van der Waals surface area contributed by atoms with Crippen molar-refractivity contribution in [2.24, 2.45) is 5.92 Å². The van der Waals surface area contributed by atoms with Crippen molar-refractivity contribution < 1.29 is 19.1 Å². The molecule has 4 rings (SSSR count). The lowest BCUT2D eigenvalue weighted by Gasteiger charge is -2.34. The molecule has 2 aliphatic heterocycles. The minimum absolute atomic E-state index is 0.0342. The molecule has 0 saturated carbocycles. The minimum atomic E-state index is -0.574. The predicted molar refractivity (Wildman–Crippen MR) is 104 cm³/mol. The number of Topliss-reactive ketones (excluding diaryl/α,β-unsaturated/α-hetero) is 1. The van der Waals surface area contributed by atoms with E-state index in [0.29, 0.717) is 33.3 Å². The molecule has 3 heterocycles. The maximum Gasteiger partial charge on any atom is 0.261 e. The van der Waals surface area contributed by atoms with Gasteiger partial charge in [-0.3, -0.25) is 14.9 Å². The molecular formula is C20H20N2O4S. The SMILES string of the molecule is CC1Oc2c(cc(C(=O)Nc3nccs3)c3c2C=CC(C)(C)O3)C(=O)C1C. The van der Waals surface area contributed by atoms with Crippen LogP contribution in [0.25, 0.3) is 6.08 Å². The number of rotatable bonds is 2. The van der Waals surface area contributed by atoms with Crippen LogP contribution in [0.3, 0.4) is 0 Å². The highest BCUT2D eigenvalue weighted by Crippen LogP contribution is 2.45. The third kappa shape index (κ3) is 3.02. The largest absolute Gasteiger partial charge is 0.488 e. The van der Waals surface area contributed by atoms with Crippen LogP contribution in [-0.4, -0.2) is 28.4 Å². The van der Waals surface area contributed by atoms with Crippen LogP contribution < -0.4 is 14.8 Å². The number of benzene rings is 1. The molecule has 6 nitrogen and oxygen atoms in total. The Kier molecular flexibility index (Phi) is 4.07. The molecule has 0 saturated heterocycles. The van der Waals surface area contributed by atoms with Crippen molar-refractivity contribution in [3.63, 3.8) is 0 Å². The molecule has 140 valence electrons. The fraction of sp³-hybridized carbons (Fsp3) is 0.350. The Morgan fingerprint density at radius 3 is 2.78 bits per heavy atom. The van der Waals surface area contributed by atoms with Gasteiger partial charge in [0.2, 0.25) is 0 Å². The first kappa shape index (κ1) is 17.7. The highest BCUT2D eigenvalue weighted by atomic mass is 32.1. The van der Waals surface area contributed by atoms with Crippen LogP contribution >= 0.6 is 11.3 Å². The van der Waals surface area contributed by atoms with Gasteiger partial charge in [0.15, 0.2) is 10.9 Å². The summed E-state index contributed by atoms with van der Waals surface area (Å²) in [6, 6.07) is 1.58. The van der Waals surface area contributed by atoms with Crippen molar-refractivity contribution in [1.82, 2.24) is 4.98 Å². The third-order valence-electron chi connectivity index (χ3n) is 4.87. The molecule has 2 atom stereocenters. The van der Waals surface area contributed by atoms with E-state index in [2.05, 4.69) is 10.3 Å². The number of nitrogens with zero attached hydrogens (tertiary/aromatic N) is 1. The normalized spacial score (nSPS) is 22.3. The average molecular weight is 384 g/mol. The summed E-state index contributed by atoms with van der Waals surface area (Å²) < 4.78 is 12.1. The number of ketones is 1. The summed E-state index contributed by atoms with van der Waals surface area (Å²) in [5.74, 6) is 0.223. The zero-order chi connectivity index (χ0) is 19.3. The number of carbonyl (C=O) groups is 2. The highest BCUT2D eigenvalue weighted by molar-refractivity contribution is 7.13. The molecule has 7 heteroatoms. The number of fused-ring (bicyclic) bond motifs is 3. The first-order valence-corrected chi connectivity index (χ1v) is 9.66. The monoisotopic (exact) mass is 384 g/mol. The maximum absolute atomic E-state index is 12.9. The minimum Gasteiger partial charge on any atom is -0.488 e. The van der Waals surface area contributed by atoms with Crippen LogP contribution in [0.15, 0.2) is 23.7 Å². The summed E-state index contributed by atoms with van der Waals surface area (Å²) in [4.78, 5) is 29.9. The number of nitrogens with one attached hydrogen (secondary N) is 1. The van der Waals surface area contributed by atoms with Gasteiger partial charge in [0.1, 0.15) is 23.2 Å². The quantitative estimate of drug-likeness (QED) is 0.840. The maximum atomic E-state index is 12.9. The van der Waals surface area contributed by atoms with Gasteiger partial charge in [-0.2, -0.15) is 0 Å². The van der Waals surface area contributed by atoms with E-state index in [4.69, 9.17) is 9.47 Å². The molecule has 0 spiro atoms. The van der Waals surface area contributed by atoms with Crippen molar-refractivity contribution in [3.05, 3.63) is 40.4 Å². The fourth-order valence-electron chi connectivity index (χ4n) is 3.19. The molecule has 2 aromatic rings. The number of hydrogen-bond donors (Lipinski definition) is 1. The molecule has 1 aromatic carbocycles. The zero-order valence-electron chi connectivity index (χ0n) is 15.5. The lowest BCUT2D eigenvalue weighted by molar-refractivity contribution is 0.0726. The Labute approximate surface area is 161 Å². The second-order valence-electron chi connectivity index (χ2n) is 7.35. The van der Waals surface area contributed by atoms with Gasteiger partial charge in [-0.1, -0.05) is 6.92 Å². The van der Waals surface area contributed by atoms with Crippen LogP contribution in [0.2, 0.25) is 0 Å². The van der Waals surface area contributed by atoms with Crippen molar-refractivity contribution in [2.75, 3.05) is 5.32 Å². The summed E-state index contributed by atoms with van der Waals surface area (Å²) in [5, 5.41) is 5.04. The lowest BCUT2D eigenvalue weighted by atomic mass is 9.87. The standard InChI is InChI=1S/C20H20N2O4S/c1-10-11(2)25-16-12-5-6-20(3,4)26-17(12)14(9-13(16)15(10)23)18(24)22-19-21-7-8-27-19/h5-11H,1-4H3,(H,21,22,24). The Hall–Kier alpha value is -2.67. The second-order valence-corrected chi connectivity index (χ2v) is 8.24. The number of aromatic nitrogens is 1. The molecule has 0 fully saturated rings. The number of anilines is 1. The fourth-order valence-corrected chi connectivity index (χ4v) is 3.71. The molecule has 2 unspecified atom stereocenters. The Morgan fingerprint density at radius 1 is 1.30 bits per heavy atom. The van der Waals surface area contributed by atoms with Gasteiger partial charge in [-0.05, 0) is 39.0 Å². The van der Waals surface area contributed by atoms with E-state index in [1.54, 1.807) is 17.6 Å². The predicted octanol–water partition coefficient (Wildman–Crippen LogP) is 4.18. The number of carbonyl (C=O) groups excluding carboxylic acids is 2. The zero-order valence-corrected chi connectivity index (χ0v) is 16.3. The van der Waals surface area contributed by atoms with Gasteiger partial charge in [-0.15, -0.1) is 11.3 Å². The van der Waals surface area contributed by atoms with Gasteiger partial charge >= 0.3 is 0 Å². The lowest BCUT2D eigenvalue weighted by Crippen LogP contribution is -2.36. The van der Waals surface area contributed by atoms with Crippen molar-refractivity contribution in [1.29, 1.82) is 0 Å². The molecule has 0 radical (unpaired) electrons. The summed E-state index contributed by atoms with van der Waals surface area (Å²) in [7, 11) is 0. The van der Waals surface area contributed by atoms with Gasteiger partial charge in [0.05, 0.1) is 22.6 Å². The summed E-state index contributed by atoms with van der Waals surface area (Å²) in [5.41, 5.74) is 0.768. The van der Waals surface area contributed by atoms with Crippen LogP contribution in [0, 0.1) is 5.92 Å². The van der Waals surface area contributed by atoms with E-state index in [0.717, 1.165) is 0 Å². The van der Waals surface area contributed by atoms with Gasteiger partial charge in [-0.25, -0.2) is 4.98 Å². The third-order valence-corrected chi connectivity index (χ3v) is 5.56. The molecule has 0 aliphatic carbocycles. The van der Waals surface area contributed by atoms with E-state index < -0.39 is 5.60 Å². The Bertz CT molecular complexity index is 963. The highest BCUT2D eigenvalue weighted by Gasteiger charge is 2.38. The summed E-state index contributed by atoms with van der Waals surface area (Å²) in [6.45, 7) is 7.52. The smallest absolute Gasteiger partial charge is 0.261 e. The van der Waals surface area contributed by atoms with E-state index in [9.17, 15) is 9.59 Å². The van der Waals surface area contributed by atoms with Crippen LogP contribution in [0.5, 0.6) is 11.5 Å². The topological polar surface area (TPSA) is 77.5 Å². The molecule has 1 N–H and O–H groups in total. The molecule has 1 aromatic heterocycles. The number of amides is 1. The second kappa shape index (κ2) is 6.20. The number of thiazole rings is 1. The van der Waals surface area contributed by atoms with Crippen LogP contribution in [0.1, 0.15) is 54.0 Å². The van der Waals surface area contributed by atoms with Crippen LogP contribution in [0.4, 0.5) is 5.13 Å². The summed E-state index contributed by atoms with van der Waals surface area (Å²) >= 11 is 1.32. The Morgan fingerprint density at radius 2 is 2.07 bits per heavy atom. The molecule has 2 aliphatic rings. The Balaban J connectivity index is 1.88. The van der Waals surface area contributed by atoms with E-state index in [1.165, 1.54) is 11.3 Å². The van der Waals surface area contributed by atoms with Crippen molar-refractivity contribution in [3.8, 4) is 11.5 Å². The van der Waals surface area contributed by atoms with Gasteiger partial charge < -0.3 is 9.47 Å². The summed E-state index contributed by atoms with van der Waals surface area (Å²) in [6.07, 6.45) is 5.14. The molecule has 1 amide bonds. The van der Waals surface area contributed by atoms with Crippen LogP contribution in [-0.2, 0) is 0 Å². The first-order valence-electron chi connectivity index (χ1n) is 8.78.